The lowest BCUT2D eigenvalue weighted by atomic mass is 9.77. The number of likely N-dealkylation sites (tertiary alicyclic amines) is 1. The molecule has 0 bridgehead atoms. The van der Waals surface area contributed by atoms with E-state index in [0.717, 1.165) is 37.7 Å². The smallest absolute Gasteiger partial charge is 0.253 e. The monoisotopic (exact) mass is 432 g/mol. The Morgan fingerprint density at radius 3 is 2.41 bits per heavy atom. The quantitative estimate of drug-likeness (QED) is 0.787. The average Bonchev–Trinajstić information content (AvgIpc) is 3.33. The second-order valence-electron chi connectivity index (χ2n) is 9.51. The summed E-state index contributed by atoms with van der Waals surface area (Å²) in [7, 11) is 0. The summed E-state index contributed by atoms with van der Waals surface area (Å²) >= 11 is 0. The van der Waals surface area contributed by atoms with E-state index in [-0.39, 0.29) is 17.9 Å². The molecule has 2 aliphatic heterocycles. The van der Waals surface area contributed by atoms with Gasteiger partial charge in [-0.2, -0.15) is 0 Å². The number of carbonyl (C=O) groups excluding carboxylic acids is 2. The van der Waals surface area contributed by atoms with E-state index in [9.17, 15) is 9.59 Å². The van der Waals surface area contributed by atoms with Gasteiger partial charge in [-0.25, -0.2) is 0 Å². The molecule has 5 nitrogen and oxygen atoms in total. The summed E-state index contributed by atoms with van der Waals surface area (Å²) in [6.45, 7) is 1.31. The number of fused-ring (bicyclic) bond motifs is 2. The Morgan fingerprint density at radius 2 is 1.66 bits per heavy atom. The van der Waals surface area contributed by atoms with Gasteiger partial charge in [-0.3, -0.25) is 9.59 Å². The van der Waals surface area contributed by atoms with Crippen LogP contribution in [0.5, 0.6) is 0 Å². The number of piperidine rings is 1. The standard InChI is InChI=1S/C27H32N2O3/c30-25(28-22-11-5-6-12-22)19-23-18-21-10-4-7-13-24(21)27(32-23)14-16-29(17-15-27)26(31)20-8-2-1-3-9-20/h1-4,7-10,13,22-23H,5-6,11-12,14-19H2,(H,28,30). The number of carbonyl (C=O) groups is 2. The van der Waals surface area contributed by atoms with Crippen molar-refractivity contribution < 1.29 is 14.3 Å². The largest absolute Gasteiger partial charge is 0.366 e. The molecule has 5 rings (SSSR count). The van der Waals surface area contributed by atoms with E-state index in [0.29, 0.717) is 25.6 Å². The van der Waals surface area contributed by atoms with Gasteiger partial charge in [-0.15, -0.1) is 0 Å². The van der Waals surface area contributed by atoms with Gasteiger partial charge in [0.25, 0.3) is 5.91 Å². The third kappa shape index (κ3) is 4.31. The predicted molar refractivity (Wildman–Crippen MR) is 123 cm³/mol. The number of hydrogen-bond acceptors (Lipinski definition) is 3. The molecule has 1 unspecified atom stereocenters. The SMILES string of the molecule is O=C(CC1Cc2ccccc2C2(CCN(C(=O)c3ccccc3)CC2)O1)NC1CCCC1. The summed E-state index contributed by atoms with van der Waals surface area (Å²) < 4.78 is 6.71. The van der Waals surface area contributed by atoms with Crippen LogP contribution in [0.25, 0.3) is 0 Å². The van der Waals surface area contributed by atoms with Gasteiger partial charge >= 0.3 is 0 Å². The van der Waals surface area contributed by atoms with Gasteiger partial charge in [0.05, 0.1) is 18.1 Å². The molecule has 0 radical (unpaired) electrons. The zero-order chi connectivity index (χ0) is 22.0. The highest BCUT2D eigenvalue weighted by Crippen LogP contribution is 2.44. The lowest BCUT2D eigenvalue weighted by Crippen LogP contribution is -2.51. The molecule has 5 heteroatoms. The fourth-order valence-electron chi connectivity index (χ4n) is 5.71. The van der Waals surface area contributed by atoms with Crippen LogP contribution in [0.2, 0.25) is 0 Å². The minimum atomic E-state index is -0.416. The van der Waals surface area contributed by atoms with Crippen LogP contribution in [-0.4, -0.2) is 41.9 Å². The van der Waals surface area contributed by atoms with Crippen LogP contribution in [-0.2, 0) is 21.6 Å². The number of hydrogen-bond donors (Lipinski definition) is 1. The van der Waals surface area contributed by atoms with E-state index in [4.69, 9.17) is 4.74 Å². The Hall–Kier alpha value is -2.66. The Kier molecular flexibility index (Phi) is 6.01. The van der Waals surface area contributed by atoms with Gasteiger partial charge in [0.1, 0.15) is 0 Å². The van der Waals surface area contributed by atoms with Crippen LogP contribution in [0.4, 0.5) is 0 Å². The van der Waals surface area contributed by atoms with Gasteiger partial charge < -0.3 is 15.0 Å². The normalized spacial score (nSPS) is 22.5. The summed E-state index contributed by atoms with van der Waals surface area (Å²) in [6.07, 6.45) is 7.15. The molecule has 2 amide bonds. The van der Waals surface area contributed by atoms with Crippen LogP contribution < -0.4 is 5.32 Å². The summed E-state index contributed by atoms with van der Waals surface area (Å²) in [5, 5.41) is 3.21. The first-order valence-electron chi connectivity index (χ1n) is 12.0. The lowest BCUT2D eigenvalue weighted by molar-refractivity contribution is -0.148. The minimum absolute atomic E-state index is 0.0806. The molecule has 1 aliphatic carbocycles. The molecule has 2 fully saturated rings. The second kappa shape index (κ2) is 9.07. The number of benzene rings is 2. The van der Waals surface area contributed by atoms with E-state index in [1.807, 2.05) is 35.2 Å². The van der Waals surface area contributed by atoms with Crippen molar-refractivity contribution in [2.24, 2.45) is 0 Å². The van der Waals surface area contributed by atoms with Gasteiger partial charge in [0.2, 0.25) is 5.91 Å². The fraction of sp³-hybridized carbons (Fsp3) is 0.481. The van der Waals surface area contributed by atoms with Gasteiger partial charge in [0, 0.05) is 24.7 Å². The maximum Gasteiger partial charge on any atom is 0.253 e. The Labute approximate surface area is 190 Å². The number of amides is 2. The van der Waals surface area contributed by atoms with Crippen molar-refractivity contribution in [1.82, 2.24) is 10.2 Å². The van der Waals surface area contributed by atoms with Crippen molar-refractivity contribution in [2.45, 2.75) is 69.1 Å². The molecule has 1 saturated heterocycles. The molecular weight excluding hydrogens is 400 g/mol. The van der Waals surface area contributed by atoms with Crippen LogP contribution >= 0.6 is 0 Å². The van der Waals surface area contributed by atoms with E-state index >= 15 is 0 Å². The molecule has 2 aromatic carbocycles. The third-order valence-electron chi connectivity index (χ3n) is 7.36. The van der Waals surface area contributed by atoms with E-state index in [1.165, 1.54) is 24.0 Å². The van der Waals surface area contributed by atoms with E-state index in [1.54, 1.807) is 0 Å². The molecule has 1 spiro atoms. The number of rotatable bonds is 4. The predicted octanol–water partition coefficient (Wildman–Crippen LogP) is 4.21. The second-order valence-corrected chi connectivity index (χ2v) is 9.51. The Balaban J connectivity index is 1.29. The molecule has 2 heterocycles. The van der Waals surface area contributed by atoms with Crippen LogP contribution in [0, 0.1) is 0 Å². The zero-order valence-electron chi connectivity index (χ0n) is 18.6. The molecule has 3 aliphatic rings. The van der Waals surface area contributed by atoms with Crippen molar-refractivity contribution in [3.63, 3.8) is 0 Å². The van der Waals surface area contributed by atoms with Gasteiger partial charge in [-0.1, -0.05) is 55.3 Å². The van der Waals surface area contributed by atoms with E-state index in [2.05, 4.69) is 29.6 Å². The van der Waals surface area contributed by atoms with Crippen molar-refractivity contribution in [1.29, 1.82) is 0 Å². The Bertz CT molecular complexity index is 960. The van der Waals surface area contributed by atoms with Crippen LogP contribution in [0.15, 0.2) is 54.6 Å². The molecule has 1 saturated carbocycles. The molecule has 1 N–H and O–H groups in total. The summed E-state index contributed by atoms with van der Waals surface area (Å²) in [5.74, 6) is 0.185. The maximum absolute atomic E-state index is 12.9. The highest BCUT2D eigenvalue weighted by atomic mass is 16.5. The molecule has 32 heavy (non-hydrogen) atoms. The van der Waals surface area contributed by atoms with Crippen molar-refractivity contribution in [3.8, 4) is 0 Å². The first-order valence-corrected chi connectivity index (χ1v) is 12.0. The highest BCUT2D eigenvalue weighted by molar-refractivity contribution is 5.94. The average molecular weight is 433 g/mol. The van der Waals surface area contributed by atoms with Gasteiger partial charge in [0.15, 0.2) is 0 Å². The number of ether oxygens (including phenoxy) is 1. The first kappa shape index (κ1) is 21.2. The molecular formula is C27H32N2O3. The van der Waals surface area contributed by atoms with Gasteiger partial charge in [-0.05, 0) is 55.4 Å². The molecule has 2 aromatic rings. The van der Waals surface area contributed by atoms with Crippen molar-refractivity contribution in [2.75, 3.05) is 13.1 Å². The molecule has 1 atom stereocenters. The van der Waals surface area contributed by atoms with Crippen LogP contribution in [0.3, 0.4) is 0 Å². The fourth-order valence-corrected chi connectivity index (χ4v) is 5.71. The van der Waals surface area contributed by atoms with Crippen molar-refractivity contribution in [3.05, 3.63) is 71.3 Å². The maximum atomic E-state index is 12.9. The lowest BCUT2D eigenvalue weighted by Gasteiger charge is -2.47. The first-order chi connectivity index (χ1) is 15.6. The third-order valence-corrected chi connectivity index (χ3v) is 7.36. The number of nitrogens with zero attached hydrogens (tertiary/aromatic N) is 1. The minimum Gasteiger partial charge on any atom is -0.366 e. The topological polar surface area (TPSA) is 58.6 Å². The van der Waals surface area contributed by atoms with Crippen LogP contribution in [0.1, 0.15) is 66.4 Å². The summed E-state index contributed by atoms with van der Waals surface area (Å²) in [5.41, 5.74) is 2.83. The van der Waals surface area contributed by atoms with Crippen molar-refractivity contribution >= 4 is 11.8 Å². The molecule has 168 valence electrons. The zero-order valence-corrected chi connectivity index (χ0v) is 18.6. The van der Waals surface area contributed by atoms with E-state index < -0.39 is 5.60 Å². The summed E-state index contributed by atoms with van der Waals surface area (Å²) in [4.78, 5) is 27.6. The Morgan fingerprint density at radius 1 is 0.969 bits per heavy atom. The summed E-state index contributed by atoms with van der Waals surface area (Å²) in [6, 6.07) is 18.3. The molecule has 0 aromatic heterocycles. The highest BCUT2D eigenvalue weighted by Gasteiger charge is 2.44. The number of nitrogens with one attached hydrogen (secondary N) is 1.